The summed E-state index contributed by atoms with van der Waals surface area (Å²) in [6.45, 7) is 12.1. The van der Waals surface area contributed by atoms with Crippen molar-refractivity contribution < 1.29 is 10.2 Å². The van der Waals surface area contributed by atoms with E-state index in [2.05, 4.69) is 44.6 Å². The fraction of sp³-hybridized carbons (Fsp3) is 1.00. The minimum atomic E-state index is -0.934. The van der Waals surface area contributed by atoms with Crippen LogP contribution in [0.2, 0.25) is 0 Å². The molecule has 0 radical (unpaired) electrons. The zero-order valence-corrected chi connectivity index (χ0v) is 21.1. The zero-order valence-electron chi connectivity index (χ0n) is 21.1. The molecule has 4 aliphatic rings. The second-order valence-corrected chi connectivity index (χ2v) is 13.0. The summed E-state index contributed by atoms with van der Waals surface area (Å²) in [5.41, 5.74) is 9.52. The Morgan fingerprint density at radius 1 is 1.00 bits per heavy atom. The monoisotopic (exact) mass is 445 g/mol. The van der Waals surface area contributed by atoms with Crippen LogP contribution in [0.4, 0.5) is 0 Å². The smallest absolute Gasteiger partial charge is 0.0889 e. The summed E-state index contributed by atoms with van der Waals surface area (Å²) in [5, 5.41) is 25.4. The van der Waals surface area contributed by atoms with Gasteiger partial charge in [0.25, 0.3) is 0 Å². The van der Waals surface area contributed by atoms with Gasteiger partial charge in [0.05, 0.1) is 18.2 Å². The molecule has 2 N–H and O–H groups in total. The number of rotatable bonds is 6. The van der Waals surface area contributed by atoms with Gasteiger partial charge in [0.2, 0.25) is 0 Å². The maximum atomic E-state index is 10.8. The van der Waals surface area contributed by atoms with E-state index in [0.29, 0.717) is 29.6 Å². The highest BCUT2D eigenvalue weighted by atomic mass is 16.3. The van der Waals surface area contributed by atoms with Crippen molar-refractivity contribution in [3.05, 3.63) is 10.4 Å². The van der Waals surface area contributed by atoms with Crippen molar-refractivity contribution in [2.45, 2.75) is 117 Å². The van der Waals surface area contributed by atoms with Crippen LogP contribution < -0.4 is 0 Å². The lowest BCUT2D eigenvalue weighted by Crippen LogP contribution is -2.63. The minimum Gasteiger partial charge on any atom is -0.390 e. The molecule has 0 aromatic carbocycles. The van der Waals surface area contributed by atoms with E-state index in [1.165, 1.54) is 51.4 Å². The van der Waals surface area contributed by atoms with Crippen molar-refractivity contribution in [3.8, 4) is 0 Å². The van der Waals surface area contributed by atoms with Gasteiger partial charge in [-0.05, 0) is 103 Å². The molecule has 4 aliphatic carbocycles. The molecule has 4 rings (SSSR count). The molecule has 32 heavy (non-hydrogen) atoms. The molecule has 0 amide bonds. The molecule has 5 heteroatoms. The van der Waals surface area contributed by atoms with Gasteiger partial charge in [-0.25, -0.2) is 0 Å². The Morgan fingerprint density at radius 2 is 1.75 bits per heavy atom. The standard InChI is InChI=1S/C27H47N3O2/c1-16(2)7-6-8-17(3)20-11-12-21-19-10-9-18-15-23(31)24(32)25(29-30-28)27(18,5)22(19)13-14-26(20,21)4/h16-25,31-32H,6-15H2,1-5H3/t17-,18?,19+,20-,21+,22+,23-,24-,25?,26-,27+/m1/s1. The molecule has 11 atom stereocenters. The Morgan fingerprint density at radius 3 is 2.44 bits per heavy atom. The largest absolute Gasteiger partial charge is 0.390 e. The molecule has 0 spiro atoms. The SMILES string of the molecule is CC(C)CCC[C@@H](C)[C@H]1CC[C@H]2[C@@H]3CCC4C[C@@H](O)[C@@H](O)C(N=[N+]=[N-])[C@]4(C)[C@H]3CC[C@]12C. The third-order valence-electron chi connectivity index (χ3n) is 11.2. The highest BCUT2D eigenvalue weighted by Crippen LogP contribution is 2.68. The van der Waals surface area contributed by atoms with Crippen molar-refractivity contribution in [2.75, 3.05) is 0 Å². The van der Waals surface area contributed by atoms with Crippen molar-refractivity contribution in [3.63, 3.8) is 0 Å². The van der Waals surface area contributed by atoms with E-state index in [4.69, 9.17) is 0 Å². The van der Waals surface area contributed by atoms with Crippen molar-refractivity contribution in [2.24, 2.45) is 57.4 Å². The first-order valence-electron chi connectivity index (χ1n) is 13.5. The van der Waals surface area contributed by atoms with Crippen molar-refractivity contribution >= 4 is 0 Å². The molecular weight excluding hydrogens is 398 g/mol. The summed E-state index contributed by atoms with van der Waals surface area (Å²) in [7, 11) is 0. The first-order valence-corrected chi connectivity index (χ1v) is 13.5. The van der Waals surface area contributed by atoms with E-state index in [1.54, 1.807) is 0 Å². The van der Waals surface area contributed by atoms with E-state index < -0.39 is 18.2 Å². The number of fused-ring (bicyclic) bond motifs is 5. The Labute approximate surface area is 195 Å². The maximum Gasteiger partial charge on any atom is 0.0889 e. The van der Waals surface area contributed by atoms with Crippen LogP contribution in [0, 0.1) is 52.3 Å². The molecule has 0 aliphatic heterocycles. The van der Waals surface area contributed by atoms with E-state index in [1.807, 2.05) is 0 Å². The second kappa shape index (κ2) is 9.12. The number of nitrogens with zero attached hydrogens (tertiary/aromatic N) is 3. The molecule has 4 saturated carbocycles. The van der Waals surface area contributed by atoms with Gasteiger partial charge in [-0.3, -0.25) is 0 Å². The average Bonchev–Trinajstić information content (AvgIpc) is 3.09. The Balaban J connectivity index is 1.55. The average molecular weight is 446 g/mol. The molecular formula is C27H47N3O2. The van der Waals surface area contributed by atoms with Crippen molar-refractivity contribution in [1.29, 1.82) is 0 Å². The summed E-state index contributed by atoms with van der Waals surface area (Å²) in [4.78, 5) is 3.13. The van der Waals surface area contributed by atoms with Crippen LogP contribution in [0.15, 0.2) is 5.11 Å². The van der Waals surface area contributed by atoms with Gasteiger partial charge in [-0.15, -0.1) is 0 Å². The molecule has 0 aromatic rings. The van der Waals surface area contributed by atoms with Crippen molar-refractivity contribution in [1.82, 2.24) is 0 Å². The van der Waals surface area contributed by atoms with Gasteiger partial charge in [0.1, 0.15) is 0 Å². The third-order valence-corrected chi connectivity index (χ3v) is 11.2. The van der Waals surface area contributed by atoms with Gasteiger partial charge in [0.15, 0.2) is 0 Å². The number of hydrogen-bond acceptors (Lipinski definition) is 3. The summed E-state index contributed by atoms with van der Waals surface area (Å²) in [5.74, 6) is 4.69. The second-order valence-electron chi connectivity index (χ2n) is 13.0. The lowest BCUT2D eigenvalue weighted by Gasteiger charge is -2.63. The molecule has 0 saturated heterocycles. The first kappa shape index (κ1) is 24.4. The minimum absolute atomic E-state index is 0.198. The van der Waals surface area contributed by atoms with Crippen LogP contribution in [0.1, 0.15) is 98.8 Å². The fourth-order valence-corrected chi connectivity index (χ4v) is 9.58. The van der Waals surface area contributed by atoms with E-state index in [9.17, 15) is 15.7 Å². The first-order chi connectivity index (χ1) is 15.1. The summed E-state index contributed by atoms with van der Waals surface area (Å²) in [6.07, 6.45) is 10.5. The highest BCUT2D eigenvalue weighted by molar-refractivity contribution is 5.14. The molecule has 2 unspecified atom stereocenters. The maximum absolute atomic E-state index is 10.8. The quantitative estimate of drug-likeness (QED) is 0.270. The molecule has 0 bridgehead atoms. The Kier molecular flexibility index (Phi) is 6.94. The van der Waals surface area contributed by atoms with Gasteiger partial charge in [0, 0.05) is 4.91 Å². The third kappa shape index (κ3) is 3.81. The lowest BCUT2D eigenvalue weighted by molar-refractivity contribution is -0.171. The summed E-state index contributed by atoms with van der Waals surface area (Å²) in [6, 6.07) is -0.509. The van der Waals surface area contributed by atoms with Gasteiger partial charge in [-0.1, -0.05) is 59.0 Å². The van der Waals surface area contributed by atoms with Crippen LogP contribution >= 0.6 is 0 Å². The topological polar surface area (TPSA) is 89.2 Å². The van der Waals surface area contributed by atoms with Crippen LogP contribution in [-0.2, 0) is 0 Å². The summed E-state index contributed by atoms with van der Waals surface area (Å²) < 4.78 is 0. The summed E-state index contributed by atoms with van der Waals surface area (Å²) >= 11 is 0. The molecule has 0 heterocycles. The zero-order chi connectivity index (χ0) is 23.3. The van der Waals surface area contributed by atoms with E-state index >= 15 is 0 Å². The molecule has 5 nitrogen and oxygen atoms in total. The lowest BCUT2D eigenvalue weighted by atomic mass is 9.43. The normalized spacial score (nSPS) is 49.0. The van der Waals surface area contributed by atoms with Crippen LogP contribution in [0.3, 0.4) is 0 Å². The highest BCUT2D eigenvalue weighted by Gasteiger charge is 2.64. The molecule has 4 fully saturated rings. The van der Waals surface area contributed by atoms with Crippen LogP contribution in [-0.4, -0.2) is 28.5 Å². The van der Waals surface area contributed by atoms with E-state index in [0.717, 1.165) is 30.1 Å². The predicted molar refractivity (Wildman–Crippen MR) is 129 cm³/mol. The fourth-order valence-electron chi connectivity index (χ4n) is 9.58. The van der Waals surface area contributed by atoms with Crippen LogP contribution in [0.25, 0.3) is 10.4 Å². The Bertz CT molecular complexity index is 722. The molecule has 182 valence electrons. The number of hydrogen-bond donors (Lipinski definition) is 2. The Hall–Kier alpha value is -0.770. The number of azide groups is 1. The van der Waals surface area contributed by atoms with Gasteiger partial charge < -0.3 is 10.2 Å². The van der Waals surface area contributed by atoms with Gasteiger partial charge >= 0.3 is 0 Å². The van der Waals surface area contributed by atoms with Crippen LogP contribution in [0.5, 0.6) is 0 Å². The van der Waals surface area contributed by atoms with E-state index in [-0.39, 0.29) is 5.41 Å². The number of aliphatic hydroxyl groups is 2. The predicted octanol–water partition coefficient (Wildman–Crippen LogP) is 6.73. The number of aliphatic hydroxyl groups excluding tert-OH is 2. The van der Waals surface area contributed by atoms with Gasteiger partial charge in [-0.2, -0.15) is 0 Å². The molecule has 0 aromatic heterocycles.